The number of β-amino-alcohol motifs (C(OH)–C–C–N with tert-alkyl or cyclic N) is 1. The fourth-order valence-electron chi connectivity index (χ4n) is 2.99. The molecule has 6 heteroatoms. The molecule has 1 aromatic rings. The standard InChI is InChI=1S/C16H27N3O3/c1-2-19-9-14(8-17-19)22-16-11-18(10-15(16)20)6-7-21-12-13-4-3-5-13/h8-9,13,15-16,20H,2-7,10-12H2,1H3/t15-,16-/m1/s1. The van der Waals surface area contributed by atoms with Crippen LogP contribution >= 0.6 is 0 Å². The summed E-state index contributed by atoms with van der Waals surface area (Å²) in [6.45, 7) is 6.74. The maximum atomic E-state index is 10.1. The molecule has 0 amide bonds. The van der Waals surface area contributed by atoms with Crippen LogP contribution in [-0.2, 0) is 11.3 Å². The van der Waals surface area contributed by atoms with Crippen molar-refractivity contribution in [3.8, 4) is 5.75 Å². The summed E-state index contributed by atoms with van der Waals surface area (Å²) in [6.07, 6.45) is 6.96. The lowest BCUT2D eigenvalue weighted by Gasteiger charge is -2.25. The molecule has 2 heterocycles. The molecule has 1 aliphatic heterocycles. The molecule has 1 aromatic heterocycles. The van der Waals surface area contributed by atoms with Crippen molar-refractivity contribution in [1.29, 1.82) is 0 Å². The van der Waals surface area contributed by atoms with Crippen LogP contribution in [0.5, 0.6) is 5.75 Å². The van der Waals surface area contributed by atoms with Gasteiger partial charge < -0.3 is 14.6 Å². The average molecular weight is 309 g/mol. The average Bonchev–Trinajstić information content (AvgIpc) is 3.04. The predicted octanol–water partition coefficient (Wildman–Crippen LogP) is 1.14. The minimum atomic E-state index is -0.448. The van der Waals surface area contributed by atoms with Crippen LogP contribution in [0.3, 0.4) is 0 Å². The molecule has 0 spiro atoms. The van der Waals surface area contributed by atoms with Gasteiger partial charge in [0.15, 0.2) is 5.75 Å². The summed E-state index contributed by atoms with van der Waals surface area (Å²) >= 11 is 0. The molecule has 2 fully saturated rings. The van der Waals surface area contributed by atoms with E-state index in [2.05, 4.69) is 10.00 Å². The number of aliphatic hydroxyl groups is 1. The van der Waals surface area contributed by atoms with Crippen molar-refractivity contribution in [3.63, 3.8) is 0 Å². The SMILES string of the molecule is CCn1cc(O[C@@H]2CN(CCOCC3CCC3)C[C@H]2O)cn1. The molecular formula is C16H27N3O3. The molecule has 1 N–H and O–H groups in total. The van der Waals surface area contributed by atoms with Gasteiger partial charge in [0.25, 0.3) is 0 Å². The zero-order chi connectivity index (χ0) is 15.4. The number of aromatic nitrogens is 2. The first-order chi connectivity index (χ1) is 10.7. The van der Waals surface area contributed by atoms with E-state index in [1.54, 1.807) is 6.20 Å². The van der Waals surface area contributed by atoms with Crippen LogP contribution in [0.4, 0.5) is 0 Å². The lowest BCUT2D eigenvalue weighted by Crippen LogP contribution is -2.30. The summed E-state index contributed by atoms with van der Waals surface area (Å²) in [6, 6.07) is 0. The molecule has 0 unspecified atom stereocenters. The Bertz CT molecular complexity index is 461. The Balaban J connectivity index is 1.37. The quantitative estimate of drug-likeness (QED) is 0.730. The molecule has 1 saturated heterocycles. The Morgan fingerprint density at radius 1 is 1.36 bits per heavy atom. The third kappa shape index (κ3) is 4.00. The summed E-state index contributed by atoms with van der Waals surface area (Å²) in [5, 5.41) is 14.3. The second-order valence-electron chi connectivity index (χ2n) is 6.39. The molecule has 1 aliphatic carbocycles. The number of rotatable bonds is 8. The monoisotopic (exact) mass is 309 g/mol. The van der Waals surface area contributed by atoms with E-state index in [1.165, 1.54) is 19.3 Å². The largest absolute Gasteiger partial charge is 0.483 e. The van der Waals surface area contributed by atoms with Gasteiger partial charge in [0.2, 0.25) is 0 Å². The van der Waals surface area contributed by atoms with Gasteiger partial charge in [-0.15, -0.1) is 0 Å². The molecule has 1 saturated carbocycles. The number of likely N-dealkylation sites (tertiary alicyclic amines) is 1. The van der Waals surface area contributed by atoms with E-state index in [-0.39, 0.29) is 6.10 Å². The Kier molecular flexibility index (Phi) is 5.33. The van der Waals surface area contributed by atoms with Crippen molar-refractivity contribution >= 4 is 0 Å². The number of hydrogen-bond acceptors (Lipinski definition) is 5. The van der Waals surface area contributed by atoms with Crippen LogP contribution in [0, 0.1) is 5.92 Å². The molecule has 0 bridgehead atoms. The molecule has 124 valence electrons. The Morgan fingerprint density at radius 3 is 2.91 bits per heavy atom. The number of aryl methyl sites for hydroxylation is 1. The normalized spacial score (nSPS) is 26.3. The molecule has 22 heavy (non-hydrogen) atoms. The number of hydrogen-bond donors (Lipinski definition) is 1. The molecule has 3 rings (SSSR count). The molecule has 2 aliphatic rings. The van der Waals surface area contributed by atoms with Crippen LogP contribution in [0.25, 0.3) is 0 Å². The maximum absolute atomic E-state index is 10.1. The first-order valence-electron chi connectivity index (χ1n) is 8.42. The van der Waals surface area contributed by atoms with Crippen molar-refractivity contribution in [2.45, 2.75) is 44.9 Å². The molecule has 0 aromatic carbocycles. The van der Waals surface area contributed by atoms with Crippen LogP contribution in [0.15, 0.2) is 12.4 Å². The van der Waals surface area contributed by atoms with Gasteiger partial charge in [0.1, 0.15) is 12.2 Å². The molecule has 6 nitrogen and oxygen atoms in total. The van der Waals surface area contributed by atoms with Crippen LogP contribution in [-0.4, -0.2) is 64.8 Å². The van der Waals surface area contributed by atoms with Gasteiger partial charge in [0.05, 0.1) is 19.0 Å². The van der Waals surface area contributed by atoms with E-state index in [4.69, 9.17) is 9.47 Å². The first kappa shape index (κ1) is 15.8. The van der Waals surface area contributed by atoms with E-state index in [0.717, 1.165) is 44.5 Å². The smallest absolute Gasteiger partial charge is 0.157 e. The summed E-state index contributed by atoms with van der Waals surface area (Å²) in [7, 11) is 0. The van der Waals surface area contributed by atoms with Crippen molar-refractivity contribution in [2.24, 2.45) is 5.92 Å². The summed E-state index contributed by atoms with van der Waals surface area (Å²) < 4.78 is 13.4. The van der Waals surface area contributed by atoms with E-state index in [9.17, 15) is 5.11 Å². The van der Waals surface area contributed by atoms with Crippen LogP contribution in [0.1, 0.15) is 26.2 Å². The topological polar surface area (TPSA) is 59.8 Å². The van der Waals surface area contributed by atoms with Gasteiger partial charge in [-0.1, -0.05) is 6.42 Å². The van der Waals surface area contributed by atoms with Crippen molar-refractivity contribution in [3.05, 3.63) is 12.4 Å². The van der Waals surface area contributed by atoms with Gasteiger partial charge in [0, 0.05) is 32.8 Å². The Labute approximate surface area is 132 Å². The number of aliphatic hydroxyl groups excluding tert-OH is 1. The molecular weight excluding hydrogens is 282 g/mol. The van der Waals surface area contributed by atoms with Gasteiger partial charge in [-0.05, 0) is 25.7 Å². The van der Waals surface area contributed by atoms with Gasteiger partial charge in [-0.25, -0.2) is 0 Å². The minimum Gasteiger partial charge on any atom is -0.483 e. The second kappa shape index (κ2) is 7.44. The second-order valence-corrected chi connectivity index (χ2v) is 6.39. The minimum absolute atomic E-state index is 0.180. The first-order valence-corrected chi connectivity index (χ1v) is 8.42. The highest BCUT2D eigenvalue weighted by molar-refractivity contribution is 5.13. The number of nitrogens with zero attached hydrogens (tertiary/aromatic N) is 3. The Morgan fingerprint density at radius 2 is 2.23 bits per heavy atom. The summed E-state index contributed by atoms with van der Waals surface area (Å²) in [5.74, 6) is 1.52. The molecule has 0 radical (unpaired) electrons. The van der Waals surface area contributed by atoms with Crippen LogP contribution in [0.2, 0.25) is 0 Å². The number of ether oxygens (including phenoxy) is 2. The fourth-order valence-corrected chi connectivity index (χ4v) is 2.99. The van der Waals surface area contributed by atoms with E-state index in [1.807, 2.05) is 17.8 Å². The van der Waals surface area contributed by atoms with E-state index >= 15 is 0 Å². The maximum Gasteiger partial charge on any atom is 0.157 e. The zero-order valence-electron chi connectivity index (χ0n) is 13.4. The third-order valence-corrected chi connectivity index (χ3v) is 4.66. The lowest BCUT2D eigenvalue weighted by molar-refractivity contribution is 0.0562. The lowest BCUT2D eigenvalue weighted by atomic mass is 9.86. The van der Waals surface area contributed by atoms with E-state index < -0.39 is 6.10 Å². The van der Waals surface area contributed by atoms with E-state index in [0.29, 0.717) is 6.54 Å². The Hall–Kier alpha value is -1.11. The zero-order valence-corrected chi connectivity index (χ0v) is 13.4. The fraction of sp³-hybridized carbons (Fsp3) is 0.812. The highest BCUT2D eigenvalue weighted by Crippen LogP contribution is 2.26. The summed E-state index contributed by atoms with van der Waals surface area (Å²) in [4.78, 5) is 2.21. The third-order valence-electron chi connectivity index (χ3n) is 4.66. The summed E-state index contributed by atoms with van der Waals surface area (Å²) in [5.41, 5.74) is 0. The van der Waals surface area contributed by atoms with Gasteiger partial charge in [-0.3, -0.25) is 9.58 Å². The van der Waals surface area contributed by atoms with Crippen LogP contribution < -0.4 is 4.74 Å². The van der Waals surface area contributed by atoms with Gasteiger partial charge in [-0.2, -0.15) is 5.10 Å². The molecule has 2 atom stereocenters. The van der Waals surface area contributed by atoms with Crippen molar-refractivity contribution < 1.29 is 14.6 Å². The highest BCUT2D eigenvalue weighted by Gasteiger charge is 2.33. The predicted molar refractivity (Wildman–Crippen MR) is 82.9 cm³/mol. The van der Waals surface area contributed by atoms with Crippen molar-refractivity contribution in [1.82, 2.24) is 14.7 Å². The van der Waals surface area contributed by atoms with Crippen molar-refractivity contribution in [2.75, 3.05) is 32.8 Å². The van der Waals surface area contributed by atoms with Gasteiger partial charge >= 0.3 is 0 Å². The highest BCUT2D eigenvalue weighted by atomic mass is 16.5.